The second kappa shape index (κ2) is 4.82. The van der Waals surface area contributed by atoms with Crippen LogP contribution >= 0.6 is 0 Å². The number of aromatic carboxylic acids is 1. The van der Waals surface area contributed by atoms with Crippen LogP contribution in [0.4, 0.5) is 8.78 Å². The first-order chi connectivity index (χ1) is 10.3. The highest BCUT2D eigenvalue weighted by Crippen LogP contribution is 2.27. The first kappa shape index (κ1) is 14.6. The van der Waals surface area contributed by atoms with Crippen LogP contribution in [0.1, 0.15) is 40.7 Å². The lowest BCUT2D eigenvalue weighted by Crippen LogP contribution is -2.52. The summed E-state index contributed by atoms with van der Waals surface area (Å²) in [6, 6.07) is 1.49. The second-order valence-corrected chi connectivity index (χ2v) is 5.54. The molecule has 8 heteroatoms. The summed E-state index contributed by atoms with van der Waals surface area (Å²) in [5.41, 5.74) is -0.791. The van der Waals surface area contributed by atoms with Crippen molar-refractivity contribution in [3.63, 3.8) is 0 Å². The number of aliphatic imine (C=N–C) groups is 1. The van der Waals surface area contributed by atoms with Crippen LogP contribution in [0.15, 0.2) is 11.1 Å². The number of hydrogen-bond donors (Lipinski definition) is 2. The van der Waals surface area contributed by atoms with Gasteiger partial charge in [0.25, 0.3) is 12.3 Å². The Hall–Kier alpha value is -2.38. The normalized spacial score (nSPS) is 23.5. The Morgan fingerprint density at radius 3 is 2.77 bits per heavy atom. The minimum absolute atomic E-state index is 0.0640. The molecule has 2 aliphatic rings. The molecule has 1 unspecified atom stereocenters. The maximum absolute atomic E-state index is 13.0. The molecule has 0 aromatic carbocycles. The molecule has 1 aromatic rings. The molecule has 3 rings (SSSR count). The molecule has 2 heterocycles. The van der Waals surface area contributed by atoms with Gasteiger partial charge in [-0.1, -0.05) is 0 Å². The first-order valence-electron chi connectivity index (χ1n) is 6.79. The van der Waals surface area contributed by atoms with Crippen molar-refractivity contribution in [1.82, 2.24) is 10.3 Å². The number of aryl methyl sites for hydroxylation is 2. The summed E-state index contributed by atoms with van der Waals surface area (Å²) < 4.78 is 26.1. The van der Waals surface area contributed by atoms with Gasteiger partial charge in [0.05, 0.1) is 5.56 Å². The molecule has 0 radical (unpaired) electrons. The van der Waals surface area contributed by atoms with Crippen molar-refractivity contribution in [3.8, 4) is 0 Å². The van der Waals surface area contributed by atoms with Gasteiger partial charge in [-0.25, -0.2) is 18.6 Å². The van der Waals surface area contributed by atoms with Crippen molar-refractivity contribution in [3.05, 3.63) is 28.6 Å². The van der Waals surface area contributed by atoms with Crippen LogP contribution in [0, 0.1) is 0 Å². The minimum Gasteiger partial charge on any atom is -0.478 e. The van der Waals surface area contributed by atoms with Crippen LogP contribution in [0.5, 0.6) is 0 Å². The Morgan fingerprint density at radius 1 is 1.45 bits per heavy atom. The zero-order valence-electron chi connectivity index (χ0n) is 11.7. The standard InChI is InChI=1S/C14H13F2N3O3/c1-14(12(15)16)13(22)18-10(19-14)9-7(11(20)21)5-6-3-2-4-8(6)17-9/h5,12H,2-4H2,1H3,(H,20,21)(H,18,19,22). The summed E-state index contributed by atoms with van der Waals surface area (Å²) in [6.07, 6.45) is -0.686. The molecule has 1 aliphatic heterocycles. The summed E-state index contributed by atoms with van der Waals surface area (Å²) in [5, 5.41) is 11.7. The molecule has 0 bridgehead atoms. The molecule has 1 aliphatic carbocycles. The molecule has 22 heavy (non-hydrogen) atoms. The van der Waals surface area contributed by atoms with Crippen LogP contribution in [-0.4, -0.2) is 39.8 Å². The number of carboxylic acids is 1. The molecular formula is C14H13F2N3O3. The first-order valence-corrected chi connectivity index (χ1v) is 6.79. The number of amidine groups is 1. The highest BCUT2D eigenvalue weighted by Gasteiger charge is 2.48. The maximum atomic E-state index is 13.0. The number of pyridine rings is 1. The van der Waals surface area contributed by atoms with E-state index in [0.29, 0.717) is 6.42 Å². The zero-order chi connectivity index (χ0) is 16.1. The van der Waals surface area contributed by atoms with Gasteiger partial charge in [-0.05, 0) is 37.8 Å². The molecule has 0 saturated carbocycles. The molecule has 1 amide bonds. The van der Waals surface area contributed by atoms with E-state index in [2.05, 4.69) is 15.3 Å². The Labute approximate surface area is 124 Å². The summed E-state index contributed by atoms with van der Waals surface area (Å²) in [6.45, 7) is 1.03. The minimum atomic E-state index is -2.97. The smallest absolute Gasteiger partial charge is 0.338 e. The van der Waals surface area contributed by atoms with E-state index < -0.39 is 23.8 Å². The lowest BCUT2D eigenvalue weighted by molar-refractivity contribution is -0.127. The number of fused-ring (bicyclic) bond motifs is 1. The third-order valence-electron chi connectivity index (χ3n) is 3.98. The molecule has 1 atom stereocenters. The van der Waals surface area contributed by atoms with E-state index in [9.17, 15) is 23.5 Å². The molecule has 1 aromatic heterocycles. The summed E-state index contributed by atoms with van der Waals surface area (Å²) >= 11 is 0. The molecule has 2 N–H and O–H groups in total. The monoisotopic (exact) mass is 309 g/mol. The molecule has 0 fully saturated rings. The topological polar surface area (TPSA) is 91.7 Å². The van der Waals surface area contributed by atoms with E-state index in [4.69, 9.17) is 0 Å². The zero-order valence-corrected chi connectivity index (χ0v) is 11.7. The average Bonchev–Trinajstić information content (AvgIpc) is 3.02. The van der Waals surface area contributed by atoms with Crippen molar-refractivity contribution >= 4 is 17.7 Å². The molecular weight excluding hydrogens is 296 g/mol. The van der Waals surface area contributed by atoms with Gasteiger partial charge >= 0.3 is 5.97 Å². The fourth-order valence-electron chi connectivity index (χ4n) is 2.62. The van der Waals surface area contributed by atoms with E-state index in [1.165, 1.54) is 6.07 Å². The largest absolute Gasteiger partial charge is 0.478 e. The van der Waals surface area contributed by atoms with E-state index in [1.807, 2.05) is 0 Å². The number of carboxylic acid groups (broad SMARTS) is 1. The van der Waals surface area contributed by atoms with E-state index in [1.54, 1.807) is 0 Å². The number of aromatic nitrogens is 1. The van der Waals surface area contributed by atoms with Crippen LogP contribution < -0.4 is 5.32 Å². The van der Waals surface area contributed by atoms with E-state index >= 15 is 0 Å². The van der Waals surface area contributed by atoms with Crippen molar-refractivity contribution in [1.29, 1.82) is 0 Å². The molecule has 6 nitrogen and oxygen atoms in total. The van der Waals surface area contributed by atoms with Crippen molar-refractivity contribution in [2.24, 2.45) is 4.99 Å². The third kappa shape index (κ3) is 2.06. The van der Waals surface area contributed by atoms with Gasteiger partial charge < -0.3 is 10.4 Å². The average molecular weight is 309 g/mol. The maximum Gasteiger partial charge on any atom is 0.338 e. The van der Waals surface area contributed by atoms with Crippen molar-refractivity contribution in [2.45, 2.75) is 38.2 Å². The number of carbonyl (C=O) groups is 2. The van der Waals surface area contributed by atoms with E-state index in [-0.39, 0.29) is 17.1 Å². The quantitative estimate of drug-likeness (QED) is 0.874. The predicted octanol–water partition coefficient (Wildman–Crippen LogP) is 1.17. The number of nitrogens with one attached hydrogen (secondary N) is 1. The van der Waals surface area contributed by atoms with Gasteiger partial charge in [0.15, 0.2) is 11.4 Å². The number of rotatable bonds is 3. The van der Waals surface area contributed by atoms with Gasteiger partial charge in [-0.15, -0.1) is 0 Å². The predicted molar refractivity (Wildman–Crippen MR) is 72.3 cm³/mol. The van der Waals surface area contributed by atoms with Crippen LogP contribution in [-0.2, 0) is 17.6 Å². The van der Waals surface area contributed by atoms with Crippen molar-refractivity contribution < 1.29 is 23.5 Å². The van der Waals surface area contributed by atoms with Gasteiger partial charge in [0, 0.05) is 5.69 Å². The summed E-state index contributed by atoms with van der Waals surface area (Å²) in [4.78, 5) is 30.9. The Kier molecular flexibility index (Phi) is 3.19. The number of carbonyl (C=O) groups excluding carboxylic acids is 1. The van der Waals surface area contributed by atoms with Crippen molar-refractivity contribution in [2.75, 3.05) is 0 Å². The van der Waals surface area contributed by atoms with Crippen LogP contribution in [0.3, 0.4) is 0 Å². The second-order valence-electron chi connectivity index (χ2n) is 5.54. The number of nitrogens with zero attached hydrogens (tertiary/aromatic N) is 2. The Bertz CT molecular complexity index is 718. The summed E-state index contributed by atoms with van der Waals surface area (Å²) in [7, 11) is 0. The fourth-order valence-corrected chi connectivity index (χ4v) is 2.62. The number of amides is 1. The summed E-state index contributed by atoms with van der Waals surface area (Å²) in [5.74, 6) is -2.48. The number of hydrogen-bond acceptors (Lipinski definition) is 4. The highest BCUT2D eigenvalue weighted by molar-refractivity contribution is 6.16. The SMILES string of the molecule is CC1(C(F)F)NC(c2nc3c(cc2C(=O)O)CCC3)=NC1=O. The van der Waals surface area contributed by atoms with E-state index in [0.717, 1.165) is 31.0 Å². The lowest BCUT2D eigenvalue weighted by atomic mass is 10.0. The van der Waals surface area contributed by atoms with Gasteiger partial charge in [0.1, 0.15) is 5.69 Å². The lowest BCUT2D eigenvalue weighted by Gasteiger charge is -2.21. The third-order valence-corrected chi connectivity index (χ3v) is 3.98. The number of halogens is 2. The number of alkyl halides is 2. The van der Waals surface area contributed by atoms with Gasteiger partial charge in [0.2, 0.25) is 0 Å². The fraction of sp³-hybridized carbons (Fsp3) is 0.429. The Morgan fingerprint density at radius 2 is 2.18 bits per heavy atom. The van der Waals surface area contributed by atoms with Crippen LogP contribution in [0.2, 0.25) is 0 Å². The molecule has 116 valence electrons. The molecule has 0 saturated heterocycles. The Balaban J connectivity index is 2.08. The van der Waals surface area contributed by atoms with Crippen LogP contribution in [0.25, 0.3) is 0 Å². The van der Waals surface area contributed by atoms with Gasteiger partial charge in [-0.2, -0.15) is 4.99 Å². The highest BCUT2D eigenvalue weighted by atomic mass is 19.3. The molecule has 0 spiro atoms. The van der Waals surface area contributed by atoms with Gasteiger partial charge in [-0.3, -0.25) is 4.79 Å².